The van der Waals surface area contributed by atoms with Gasteiger partial charge in [0.05, 0.1) is 13.2 Å². The van der Waals surface area contributed by atoms with Crippen molar-refractivity contribution in [1.82, 2.24) is 0 Å². The maximum Gasteiger partial charge on any atom is 0.126 e. The largest absolute Gasteiger partial charge is 0.493 e. The highest BCUT2D eigenvalue weighted by molar-refractivity contribution is 7.81. The third kappa shape index (κ3) is 18.6. The Hall–Kier alpha value is -2.13. The quantitative estimate of drug-likeness (QED) is 0.0384. The van der Waals surface area contributed by atoms with E-state index in [1.807, 2.05) is 24.3 Å². The minimum atomic E-state index is 0.765. The highest BCUT2D eigenvalue weighted by Crippen LogP contribution is 2.33. The summed E-state index contributed by atoms with van der Waals surface area (Å²) < 4.78 is 13.0. The predicted octanol–water partition coefficient (Wildman–Crippen LogP) is 13.7. The van der Waals surface area contributed by atoms with Gasteiger partial charge in [0.1, 0.15) is 11.5 Å². The Balaban J connectivity index is 1.94. The van der Waals surface area contributed by atoms with Crippen LogP contribution < -0.4 is 9.47 Å². The van der Waals surface area contributed by atoms with E-state index in [1.165, 1.54) is 121 Å². The molecule has 2 aromatic rings. The Morgan fingerprint density at radius 3 is 1.40 bits per heavy atom. The van der Waals surface area contributed by atoms with Crippen LogP contribution in [0.25, 0.3) is 6.08 Å². The molecule has 45 heavy (non-hydrogen) atoms. The molecule has 0 unspecified atom stereocenters. The zero-order valence-corrected chi connectivity index (χ0v) is 30.2. The summed E-state index contributed by atoms with van der Waals surface area (Å²) in [6.45, 7) is 8.34. The molecule has 3 heteroatoms. The lowest BCUT2D eigenvalue weighted by Gasteiger charge is -2.18. The molecule has 0 spiro atoms. The lowest BCUT2D eigenvalue weighted by Crippen LogP contribution is -2.05. The summed E-state index contributed by atoms with van der Waals surface area (Å²) in [6.07, 6.45) is 32.8. The van der Waals surface area contributed by atoms with Crippen LogP contribution >= 0.6 is 12.2 Å². The van der Waals surface area contributed by atoms with Crippen molar-refractivity contribution < 1.29 is 9.47 Å². The summed E-state index contributed by atoms with van der Waals surface area (Å²) in [4.78, 5) is 0.842. The molecule has 0 aliphatic carbocycles. The Kier molecular flexibility index (Phi) is 23.5. The number of benzene rings is 2. The fourth-order valence-corrected chi connectivity index (χ4v) is 6.11. The van der Waals surface area contributed by atoms with Gasteiger partial charge in [-0.15, -0.1) is 0 Å². The van der Waals surface area contributed by atoms with E-state index in [0.717, 1.165) is 66.4 Å². The lowest BCUT2D eigenvalue weighted by atomic mass is 10.0. The number of ether oxygens (including phenoxy) is 2. The van der Waals surface area contributed by atoms with Crippen LogP contribution in [0.2, 0.25) is 0 Å². The molecule has 0 amide bonds. The predicted molar refractivity (Wildman–Crippen MR) is 202 cm³/mol. The van der Waals surface area contributed by atoms with Crippen LogP contribution in [0, 0.1) is 0 Å². The van der Waals surface area contributed by atoms with Crippen LogP contribution in [0.3, 0.4) is 0 Å². The highest BCUT2D eigenvalue weighted by Gasteiger charge is 2.13. The van der Waals surface area contributed by atoms with Gasteiger partial charge in [-0.2, -0.15) is 0 Å². The smallest absolute Gasteiger partial charge is 0.126 e. The lowest BCUT2D eigenvalue weighted by molar-refractivity contribution is 0.284. The van der Waals surface area contributed by atoms with E-state index < -0.39 is 0 Å². The zero-order chi connectivity index (χ0) is 32.2. The van der Waals surface area contributed by atoms with Crippen LogP contribution in [0.5, 0.6) is 11.5 Å². The number of unbranched alkanes of at least 4 members (excludes halogenated alkanes) is 18. The molecule has 0 aliphatic rings. The van der Waals surface area contributed by atoms with Gasteiger partial charge in [-0.3, -0.25) is 0 Å². The molecule has 0 aromatic heterocycles. The van der Waals surface area contributed by atoms with Crippen LogP contribution in [-0.4, -0.2) is 18.1 Å². The van der Waals surface area contributed by atoms with Gasteiger partial charge in [0.2, 0.25) is 0 Å². The van der Waals surface area contributed by atoms with Crippen molar-refractivity contribution in [3.63, 3.8) is 0 Å². The third-order valence-electron chi connectivity index (χ3n) is 8.69. The maximum absolute atomic E-state index is 6.49. The minimum Gasteiger partial charge on any atom is -0.493 e. The van der Waals surface area contributed by atoms with E-state index >= 15 is 0 Å². The molecular formula is C42H66O2S. The van der Waals surface area contributed by atoms with Crippen LogP contribution in [0.1, 0.15) is 172 Å². The molecule has 0 fully saturated rings. The van der Waals surface area contributed by atoms with Crippen molar-refractivity contribution >= 4 is 23.2 Å². The SMILES string of the molecule is CCCCCCCCCCCCOc1cc(C=CC(=S)c2ccccc2)cc(OCCCCCCCCCCCC)c1CCC. The number of hydrogen-bond donors (Lipinski definition) is 0. The first-order valence-electron chi connectivity index (χ1n) is 18.9. The molecule has 0 aliphatic heterocycles. The zero-order valence-electron chi connectivity index (χ0n) is 29.4. The van der Waals surface area contributed by atoms with Crippen molar-refractivity contribution in [3.05, 3.63) is 65.2 Å². The topological polar surface area (TPSA) is 18.5 Å². The minimum absolute atomic E-state index is 0.765. The van der Waals surface area contributed by atoms with Crippen molar-refractivity contribution in [1.29, 1.82) is 0 Å². The Labute approximate surface area is 283 Å². The Bertz CT molecular complexity index is 981. The number of rotatable bonds is 29. The van der Waals surface area contributed by atoms with Gasteiger partial charge in [0.25, 0.3) is 0 Å². The van der Waals surface area contributed by atoms with Gasteiger partial charge in [0.15, 0.2) is 0 Å². The van der Waals surface area contributed by atoms with Crippen LogP contribution in [0.4, 0.5) is 0 Å². The average molecular weight is 635 g/mol. The number of thiocarbonyl (C=S) groups is 1. The molecular weight excluding hydrogens is 569 g/mol. The number of hydrogen-bond acceptors (Lipinski definition) is 3. The van der Waals surface area contributed by atoms with Gasteiger partial charge >= 0.3 is 0 Å². The van der Waals surface area contributed by atoms with Gasteiger partial charge in [-0.25, -0.2) is 0 Å². The molecule has 0 heterocycles. The molecule has 0 bridgehead atoms. The summed E-state index contributed by atoms with van der Waals surface area (Å²) in [6, 6.07) is 14.6. The summed E-state index contributed by atoms with van der Waals surface area (Å²) in [5.74, 6) is 1.97. The highest BCUT2D eigenvalue weighted by atomic mass is 32.1. The maximum atomic E-state index is 6.49. The Morgan fingerprint density at radius 1 is 0.556 bits per heavy atom. The molecule has 0 saturated carbocycles. The second kappa shape index (κ2) is 27.0. The van der Waals surface area contributed by atoms with E-state index in [2.05, 4.69) is 51.1 Å². The standard InChI is InChI=1S/C42H66O2S/c1-4-7-9-11-13-15-17-19-21-26-33-43-40-35-37(31-32-42(45)38-29-24-23-25-30-38)36-41(39(40)28-6-3)44-34-27-22-20-18-16-14-12-10-8-5-2/h23-25,29-32,35-36H,4-22,26-28,33-34H2,1-3H3. The second-order valence-corrected chi connectivity index (χ2v) is 13.3. The summed E-state index contributed by atoms with van der Waals surface area (Å²) in [5.41, 5.74) is 3.38. The van der Waals surface area contributed by atoms with Gasteiger partial charge in [-0.05, 0) is 48.6 Å². The molecule has 2 aromatic carbocycles. The van der Waals surface area contributed by atoms with E-state index in [-0.39, 0.29) is 0 Å². The van der Waals surface area contributed by atoms with Crippen molar-refractivity contribution in [2.45, 2.75) is 162 Å². The molecule has 0 N–H and O–H groups in total. The van der Waals surface area contributed by atoms with E-state index in [9.17, 15) is 0 Å². The third-order valence-corrected chi connectivity index (χ3v) is 9.06. The molecule has 252 valence electrons. The van der Waals surface area contributed by atoms with E-state index in [1.54, 1.807) is 0 Å². The van der Waals surface area contributed by atoms with Crippen molar-refractivity contribution in [3.8, 4) is 11.5 Å². The van der Waals surface area contributed by atoms with Crippen LogP contribution in [-0.2, 0) is 6.42 Å². The van der Waals surface area contributed by atoms with E-state index in [0.29, 0.717) is 0 Å². The molecule has 0 radical (unpaired) electrons. The molecule has 0 saturated heterocycles. The van der Waals surface area contributed by atoms with Crippen LogP contribution in [0.15, 0.2) is 48.5 Å². The molecule has 0 atom stereocenters. The monoisotopic (exact) mass is 634 g/mol. The second-order valence-electron chi connectivity index (χ2n) is 12.9. The summed E-state index contributed by atoms with van der Waals surface area (Å²) >= 11 is 5.71. The molecule has 2 nitrogen and oxygen atoms in total. The van der Waals surface area contributed by atoms with Gasteiger partial charge in [0, 0.05) is 10.4 Å². The van der Waals surface area contributed by atoms with Crippen molar-refractivity contribution in [2.75, 3.05) is 13.2 Å². The van der Waals surface area contributed by atoms with E-state index in [4.69, 9.17) is 21.7 Å². The Morgan fingerprint density at radius 2 is 0.978 bits per heavy atom. The van der Waals surface area contributed by atoms with Gasteiger partial charge in [-0.1, -0.05) is 191 Å². The normalized spacial score (nSPS) is 11.4. The first-order valence-corrected chi connectivity index (χ1v) is 19.3. The van der Waals surface area contributed by atoms with Crippen molar-refractivity contribution in [2.24, 2.45) is 0 Å². The molecule has 2 rings (SSSR count). The fraction of sp³-hybridized carbons (Fsp3) is 0.643. The van der Waals surface area contributed by atoms with Gasteiger partial charge < -0.3 is 9.47 Å². The number of allylic oxidation sites excluding steroid dienone is 1. The first kappa shape index (κ1) is 39.1. The fourth-order valence-electron chi connectivity index (χ4n) is 5.90. The first-order chi connectivity index (χ1) is 22.2. The average Bonchev–Trinajstić information content (AvgIpc) is 3.06. The summed E-state index contributed by atoms with van der Waals surface area (Å²) in [5, 5.41) is 0. The summed E-state index contributed by atoms with van der Waals surface area (Å²) in [7, 11) is 0.